The Hall–Kier alpha value is -1.16. The number of quaternary nitrogens is 1. The molecule has 4 nitrogen and oxygen atoms in total. The second-order valence-corrected chi connectivity index (χ2v) is 8.40. The van der Waals surface area contributed by atoms with Gasteiger partial charge in [-0.1, -0.05) is 64.0 Å². The van der Waals surface area contributed by atoms with Crippen molar-refractivity contribution < 1.29 is 9.28 Å². The zero-order valence-corrected chi connectivity index (χ0v) is 18.9. The van der Waals surface area contributed by atoms with E-state index in [9.17, 15) is 4.79 Å². The predicted octanol–water partition coefficient (Wildman–Crippen LogP) is 5.63. The van der Waals surface area contributed by atoms with Crippen molar-refractivity contribution in [3.63, 3.8) is 0 Å². The summed E-state index contributed by atoms with van der Waals surface area (Å²) in [5.41, 5.74) is 0. The first kappa shape index (κ1) is 24.9. The van der Waals surface area contributed by atoms with Crippen LogP contribution in [-0.4, -0.2) is 48.9 Å². The van der Waals surface area contributed by atoms with E-state index < -0.39 is 0 Å². The van der Waals surface area contributed by atoms with E-state index in [1.54, 1.807) is 6.92 Å². The minimum absolute atomic E-state index is 0.0625. The third kappa shape index (κ3) is 10.4. The van der Waals surface area contributed by atoms with Gasteiger partial charge in [0.15, 0.2) is 6.17 Å². The number of carbonyl (C=O) groups is 1. The maximum atomic E-state index is 11.1. The highest BCUT2D eigenvalue weighted by Crippen LogP contribution is 2.23. The maximum Gasteiger partial charge on any atom is 0.217 e. The zero-order valence-electron chi connectivity index (χ0n) is 18.9. The van der Waals surface area contributed by atoms with Crippen LogP contribution in [0.15, 0.2) is 17.1 Å². The Labute approximate surface area is 174 Å². The van der Waals surface area contributed by atoms with Crippen molar-refractivity contribution in [3.05, 3.63) is 12.2 Å². The van der Waals surface area contributed by atoms with E-state index >= 15 is 0 Å². The van der Waals surface area contributed by atoms with Gasteiger partial charge in [0.2, 0.25) is 5.91 Å². The zero-order chi connectivity index (χ0) is 20.5. The molecule has 4 heteroatoms. The number of unbranched alkanes of at least 4 members (excludes halogenated alkanes) is 9. The summed E-state index contributed by atoms with van der Waals surface area (Å²) in [6.45, 7) is 9.94. The third-order valence-corrected chi connectivity index (χ3v) is 6.14. The lowest BCUT2D eigenvalue weighted by molar-refractivity contribution is -0.935. The smallest absolute Gasteiger partial charge is 0.217 e. The van der Waals surface area contributed by atoms with Crippen LogP contribution in [0.1, 0.15) is 97.8 Å². The van der Waals surface area contributed by atoms with Gasteiger partial charge < -0.3 is 5.32 Å². The molecule has 0 radical (unpaired) electrons. The number of allylic oxidation sites excluding steroid dienone is 2. The lowest BCUT2D eigenvalue weighted by Crippen LogP contribution is -2.55. The van der Waals surface area contributed by atoms with Crippen LogP contribution in [-0.2, 0) is 4.79 Å². The Morgan fingerprint density at radius 3 is 2.32 bits per heavy atom. The molecule has 1 aliphatic heterocycles. The summed E-state index contributed by atoms with van der Waals surface area (Å²) in [6.07, 6.45) is 23.1. The minimum Gasteiger partial charge on any atom is -0.351 e. The predicted molar refractivity (Wildman–Crippen MR) is 122 cm³/mol. The Bertz CT molecular complexity index is 461. The van der Waals surface area contributed by atoms with Crippen LogP contribution in [0.4, 0.5) is 0 Å². The first-order chi connectivity index (χ1) is 13.6. The SMILES string of the molecule is CCCCCCCCCC/C=C/CCCC1N=CC[N+]1(CC)CCNC(C)=O. The molecular weight excluding hydrogens is 346 g/mol. The molecule has 0 saturated carbocycles. The normalized spacial score (nSPS) is 21.6. The number of likely N-dealkylation sites (N-methyl/N-ethyl adjacent to an activating group) is 1. The molecule has 162 valence electrons. The topological polar surface area (TPSA) is 41.5 Å². The van der Waals surface area contributed by atoms with E-state index in [1.807, 2.05) is 0 Å². The minimum atomic E-state index is 0.0625. The number of carbonyl (C=O) groups excluding carboxylic acids is 1. The van der Waals surface area contributed by atoms with Crippen LogP contribution in [0.25, 0.3) is 0 Å². The first-order valence-corrected chi connectivity index (χ1v) is 11.9. The van der Waals surface area contributed by atoms with Crippen LogP contribution in [0.3, 0.4) is 0 Å². The summed E-state index contributed by atoms with van der Waals surface area (Å²) in [4.78, 5) is 15.9. The monoisotopic (exact) mass is 392 g/mol. The van der Waals surface area contributed by atoms with E-state index in [4.69, 9.17) is 4.99 Å². The number of nitrogens with one attached hydrogen (secondary N) is 1. The lowest BCUT2D eigenvalue weighted by atomic mass is 10.1. The van der Waals surface area contributed by atoms with Gasteiger partial charge in [-0.05, 0) is 32.6 Å². The highest BCUT2D eigenvalue weighted by Gasteiger charge is 2.37. The van der Waals surface area contributed by atoms with Gasteiger partial charge in [0.25, 0.3) is 0 Å². The van der Waals surface area contributed by atoms with Crippen molar-refractivity contribution in [2.45, 2.75) is 104 Å². The summed E-state index contributed by atoms with van der Waals surface area (Å²) in [5, 5.41) is 2.95. The molecule has 0 aromatic rings. The number of hydrogen-bond donors (Lipinski definition) is 1. The van der Waals surface area contributed by atoms with Crippen LogP contribution in [0.2, 0.25) is 0 Å². The number of nitrogens with zero attached hydrogens (tertiary/aromatic N) is 2. The quantitative estimate of drug-likeness (QED) is 0.195. The van der Waals surface area contributed by atoms with Gasteiger partial charge in [0.05, 0.1) is 25.8 Å². The van der Waals surface area contributed by atoms with E-state index in [0.717, 1.165) is 37.1 Å². The van der Waals surface area contributed by atoms with Crippen LogP contribution < -0.4 is 5.32 Å². The molecule has 1 rings (SSSR count). The van der Waals surface area contributed by atoms with Gasteiger partial charge >= 0.3 is 0 Å². The van der Waals surface area contributed by atoms with Gasteiger partial charge in [0.1, 0.15) is 6.54 Å². The molecule has 0 bridgehead atoms. The van der Waals surface area contributed by atoms with Gasteiger partial charge in [-0.15, -0.1) is 0 Å². The second-order valence-electron chi connectivity index (χ2n) is 8.40. The molecule has 0 aromatic heterocycles. The van der Waals surface area contributed by atoms with Crippen molar-refractivity contribution >= 4 is 12.1 Å². The van der Waals surface area contributed by atoms with Gasteiger partial charge in [-0.25, -0.2) is 4.99 Å². The first-order valence-electron chi connectivity index (χ1n) is 11.9. The largest absolute Gasteiger partial charge is 0.351 e. The molecule has 0 spiro atoms. The lowest BCUT2D eigenvalue weighted by Gasteiger charge is -2.38. The molecule has 2 atom stereocenters. The van der Waals surface area contributed by atoms with Gasteiger partial charge in [-0.2, -0.15) is 0 Å². The molecule has 28 heavy (non-hydrogen) atoms. The van der Waals surface area contributed by atoms with Crippen molar-refractivity contribution in [1.29, 1.82) is 0 Å². The molecule has 1 N–H and O–H groups in total. The number of amides is 1. The van der Waals surface area contributed by atoms with Crippen molar-refractivity contribution in [3.8, 4) is 0 Å². The number of rotatable bonds is 17. The van der Waals surface area contributed by atoms with E-state index in [2.05, 4.69) is 37.5 Å². The molecule has 0 aliphatic carbocycles. The number of aliphatic imine (C=N–C) groups is 1. The molecule has 2 unspecified atom stereocenters. The summed E-state index contributed by atoms with van der Waals surface area (Å²) < 4.78 is 1.00. The fourth-order valence-electron chi connectivity index (χ4n) is 4.19. The summed E-state index contributed by atoms with van der Waals surface area (Å²) >= 11 is 0. The van der Waals surface area contributed by atoms with Crippen LogP contribution in [0.5, 0.6) is 0 Å². The molecule has 1 amide bonds. The van der Waals surface area contributed by atoms with Gasteiger partial charge in [0, 0.05) is 13.3 Å². The van der Waals surface area contributed by atoms with Crippen molar-refractivity contribution in [2.75, 3.05) is 26.2 Å². The van der Waals surface area contributed by atoms with Crippen molar-refractivity contribution in [1.82, 2.24) is 5.32 Å². The van der Waals surface area contributed by atoms with Gasteiger partial charge in [-0.3, -0.25) is 9.28 Å². The Morgan fingerprint density at radius 1 is 1.04 bits per heavy atom. The third-order valence-electron chi connectivity index (χ3n) is 6.14. The highest BCUT2D eigenvalue weighted by atomic mass is 16.1. The molecule has 0 aromatic carbocycles. The average molecular weight is 393 g/mol. The Morgan fingerprint density at radius 2 is 1.68 bits per heavy atom. The molecule has 1 heterocycles. The maximum absolute atomic E-state index is 11.1. The van der Waals surface area contributed by atoms with E-state index in [-0.39, 0.29) is 5.91 Å². The Balaban J connectivity index is 2.09. The van der Waals surface area contributed by atoms with Crippen molar-refractivity contribution in [2.24, 2.45) is 4.99 Å². The summed E-state index contributed by atoms with van der Waals surface area (Å²) in [7, 11) is 0. The van der Waals surface area contributed by atoms with E-state index in [1.165, 1.54) is 70.6 Å². The standard InChI is InChI=1S/C24H45N3O/c1-4-6-7-8-9-10-11-12-13-14-15-16-17-18-24-26-20-22-27(24,5-2)21-19-25-23(3)28/h14-15,20,24H,4-13,16-19,21-22H2,1-3H3/p+1/b15-14+. The Kier molecular flexibility index (Phi) is 14.0. The van der Waals surface area contributed by atoms with E-state index in [0.29, 0.717) is 6.17 Å². The fourth-order valence-corrected chi connectivity index (χ4v) is 4.19. The fraction of sp³-hybridized carbons (Fsp3) is 0.833. The summed E-state index contributed by atoms with van der Waals surface area (Å²) in [6, 6.07) is 0. The van der Waals surface area contributed by atoms with Crippen LogP contribution in [0, 0.1) is 0 Å². The molecule has 1 aliphatic rings. The second kappa shape index (κ2) is 15.7. The number of hydrogen-bond acceptors (Lipinski definition) is 2. The molecule has 0 fully saturated rings. The van der Waals surface area contributed by atoms with Crippen LogP contribution >= 0.6 is 0 Å². The molecule has 0 saturated heterocycles. The molecular formula is C24H46N3O+. The summed E-state index contributed by atoms with van der Waals surface area (Å²) in [5.74, 6) is 0.0625. The highest BCUT2D eigenvalue weighted by molar-refractivity contribution is 5.72. The average Bonchev–Trinajstić information content (AvgIpc) is 3.08.